The van der Waals surface area contributed by atoms with Crippen molar-refractivity contribution >= 4 is 18.3 Å². The molecule has 6 nitrogen and oxygen atoms in total. The lowest BCUT2D eigenvalue weighted by molar-refractivity contribution is -0.132. The molecule has 0 saturated carbocycles. The van der Waals surface area contributed by atoms with Gasteiger partial charge in [-0.15, -0.1) is 12.4 Å². The van der Waals surface area contributed by atoms with Crippen LogP contribution in [0.2, 0.25) is 0 Å². The first kappa shape index (κ1) is 20.4. The van der Waals surface area contributed by atoms with E-state index in [1.807, 2.05) is 17.8 Å². The van der Waals surface area contributed by atoms with E-state index in [-0.39, 0.29) is 30.2 Å². The quantitative estimate of drug-likeness (QED) is 0.854. The number of benzene rings is 1. The third-order valence-corrected chi connectivity index (χ3v) is 4.61. The van der Waals surface area contributed by atoms with Gasteiger partial charge in [0.05, 0.1) is 12.6 Å². The van der Waals surface area contributed by atoms with Gasteiger partial charge in [-0.25, -0.2) is 9.37 Å². The summed E-state index contributed by atoms with van der Waals surface area (Å²) in [7, 11) is 3.75. The number of carbonyl (C=O) groups excluding carboxylic acids is 1. The van der Waals surface area contributed by atoms with Gasteiger partial charge in [-0.05, 0) is 17.7 Å². The van der Waals surface area contributed by atoms with E-state index in [2.05, 4.69) is 15.2 Å². The molecule has 142 valence electrons. The molecule has 1 amide bonds. The summed E-state index contributed by atoms with van der Waals surface area (Å²) in [5.41, 5.74) is 0.915. The summed E-state index contributed by atoms with van der Waals surface area (Å²) < 4.78 is 15.0. The maximum atomic E-state index is 13.0. The number of nitrogens with zero attached hydrogens (tertiary/aromatic N) is 4. The van der Waals surface area contributed by atoms with Gasteiger partial charge in [-0.1, -0.05) is 12.1 Å². The van der Waals surface area contributed by atoms with Crippen LogP contribution in [0.15, 0.2) is 36.7 Å². The second-order valence-electron chi connectivity index (χ2n) is 6.46. The van der Waals surface area contributed by atoms with Crippen molar-refractivity contribution in [1.29, 1.82) is 0 Å². The van der Waals surface area contributed by atoms with Crippen LogP contribution in [0.5, 0.6) is 0 Å². The van der Waals surface area contributed by atoms with E-state index >= 15 is 0 Å². The second kappa shape index (κ2) is 9.12. The predicted molar refractivity (Wildman–Crippen MR) is 101 cm³/mol. The Bertz CT molecular complexity index is 721. The molecule has 0 radical (unpaired) electrons. The molecular formula is C18H25ClFN5O. The number of rotatable bonds is 5. The first-order chi connectivity index (χ1) is 12.0. The molecule has 2 heterocycles. The van der Waals surface area contributed by atoms with E-state index in [9.17, 15) is 9.18 Å². The van der Waals surface area contributed by atoms with Crippen LogP contribution >= 0.6 is 12.4 Å². The van der Waals surface area contributed by atoms with Gasteiger partial charge in [0.1, 0.15) is 11.6 Å². The van der Waals surface area contributed by atoms with E-state index in [0.29, 0.717) is 13.1 Å². The fraction of sp³-hybridized carbons (Fsp3) is 0.444. The van der Waals surface area contributed by atoms with Gasteiger partial charge in [0.25, 0.3) is 0 Å². The van der Waals surface area contributed by atoms with Crippen LogP contribution in [0, 0.1) is 5.82 Å². The number of halogens is 2. The van der Waals surface area contributed by atoms with Crippen LogP contribution in [0.4, 0.5) is 4.39 Å². The highest BCUT2D eigenvalue weighted by Crippen LogP contribution is 2.20. The molecule has 8 heteroatoms. The lowest BCUT2D eigenvalue weighted by Gasteiger charge is -2.36. The summed E-state index contributed by atoms with van der Waals surface area (Å²) in [5, 5.41) is 3.37. The topological polar surface area (TPSA) is 53.4 Å². The predicted octanol–water partition coefficient (Wildman–Crippen LogP) is 1.59. The Hall–Kier alpha value is -1.96. The number of aromatic nitrogens is 2. The molecule has 1 atom stereocenters. The summed E-state index contributed by atoms with van der Waals surface area (Å²) in [6.07, 6.45) is 3.70. The Morgan fingerprint density at radius 3 is 2.77 bits per heavy atom. The van der Waals surface area contributed by atoms with Gasteiger partial charge in [-0.2, -0.15) is 0 Å². The molecule has 1 aromatic heterocycles. The molecule has 0 aliphatic carbocycles. The smallest absolute Gasteiger partial charge is 0.236 e. The van der Waals surface area contributed by atoms with Crippen LogP contribution in [-0.4, -0.2) is 58.5 Å². The monoisotopic (exact) mass is 381 g/mol. The summed E-state index contributed by atoms with van der Waals surface area (Å²) in [4.78, 5) is 20.9. The lowest BCUT2D eigenvalue weighted by Crippen LogP contribution is -2.50. The van der Waals surface area contributed by atoms with Gasteiger partial charge >= 0.3 is 0 Å². The highest BCUT2D eigenvalue weighted by atomic mass is 35.5. The van der Waals surface area contributed by atoms with Gasteiger partial charge in [-0.3, -0.25) is 9.69 Å². The van der Waals surface area contributed by atoms with Crippen molar-refractivity contribution in [1.82, 2.24) is 24.7 Å². The van der Waals surface area contributed by atoms with Gasteiger partial charge < -0.3 is 14.8 Å². The Kier molecular flexibility index (Phi) is 7.14. The lowest BCUT2D eigenvalue weighted by atomic mass is 10.1. The number of hydrogen-bond donors (Lipinski definition) is 1. The average Bonchev–Trinajstić information content (AvgIpc) is 3.03. The first-order valence-electron chi connectivity index (χ1n) is 8.45. The Labute approximate surface area is 159 Å². The molecule has 1 fully saturated rings. The zero-order valence-corrected chi connectivity index (χ0v) is 15.9. The van der Waals surface area contributed by atoms with Gasteiger partial charge in [0.15, 0.2) is 0 Å². The first-order valence-corrected chi connectivity index (χ1v) is 8.45. The Morgan fingerprint density at radius 1 is 1.38 bits per heavy atom. The molecule has 26 heavy (non-hydrogen) atoms. The van der Waals surface area contributed by atoms with E-state index in [1.54, 1.807) is 30.3 Å². The van der Waals surface area contributed by atoms with Crippen LogP contribution in [-0.2, 0) is 18.4 Å². The minimum Gasteiger partial charge on any atom is -0.340 e. The summed E-state index contributed by atoms with van der Waals surface area (Å²) in [6, 6.07) is 6.33. The van der Waals surface area contributed by atoms with E-state index in [4.69, 9.17) is 0 Å². The zero-order chi connectivity index (χ0) is 17.8. The van der Waals surface area contributed by atoms with Crippen molar-refractivity contribution in [3.8, 4) is 0 Å². The third kappa shape index (κ3) is 4.81. The maximum absolute atomic E-state index is 13.0. The summed E-state index contributed by atoms with van der Waals surface area (Å²) >= 11 is 0. The van der Waals surface area contributed by atoms with Crippen molar-refractivity contribution < 1.29 is 9.18 Å². The molecule has 3 rings (SSSR count). The highest BCUT2D eigenvalue weighted by Gasteiger charge is 2.28. The number of likely N-dealkylation sites (N-methyl/N-ethyl adjacent to an activating group) is 1. The average molecular weight is 382 g/mol. The van der Waals surface area contributed by atoms with Gasteiger partial charge in [0, 0.05) is 52.7 Å². The molecule has 1 aliphatic heterocycles. The van der Waals surface area contributed by atoms with Crippen LogP contribution in [0.1, 0.15) is 17.4 Å². The Morgan fingerprint density at radius 2 is 2.12 bits per heavy atom. The second-order valence-corrected chi connectivity index (χ2v) is 6.46. The van der Waals surface area contributed by atoms with E-state index < -0.39 is 0 Å². The van der Waals surface area contributed by atoms with E-state index in [1.165, 1.54) is 12.1 Å². The number of amides is 1. The van der Waals surface area contributed by atoms with Crippen molar-refractivity contribution in [2.24, 2.45) is 7.05 Å². The summed E-state index contributed by atoms with van der Waals surface area (Å²) in [6.45, 7) is 3.25. The highest BCUT2D eigenvalue weighted by molar-refractivity contribution is 5.85. The van der Waals surface area contributed by atoms with Crippen LogP contribution < -0.4 is 5.32 Å². The van der Waals surface area contributed by atoms with Crippen molar-refractivity contribution in [3.63, 3.8) is 0 Å². The number of imidazole rings is 1. The van der Waals surface area contributed by atoms with E-state index in [0.717, 1.165) is 31.0 Å². The molecule has 1 saturated heterocycles. The number of nitrogens with one attached hydrogen (secondary N) is 1. The number of aryl methyl sites for hydroxylation is 1. The minimum absolute atomic E-state index is 0. The SMILES string of the molecule is CN(Cc1ccc(F)cc1)C(=O)CN1CCNCC1c1nccn1C.Cl. The fourth-order valence-electron chi connectivity index (χ4n) is 3.13. The van der Waals surface area contributed by atoms with Crippen molar-refractivity contribution in [3.05, 3.63) is 53.9 Å². The normalized spacial score (nSPS) is 17.6. The number of piperazine rings is 1. The van der Waals surface area contributed by atoms with Crippen LogP contribution in [0.25, 0.3) is 0 Å². The fourth-order valence-corrected chi connectivity index (χ4v) is 3.13. The van der Waals surface area contributed by atoms with Crippen LogP contribution in [0.3, 0.4) is 0 Å². The van der Waals surface area contributed by atoms with Crippen molar-refractivity contribution in [2.45, 2.75) is 12.6 Å². The largest absolute Gasteiger partial charge is 0.340 e. The summed E-state index contributed by atoms with van der Waals surface area (Å²) in [5.74, 6) is 0.739. The maximum Gasteiger partial charge on any atom is 0.236 e. The molecule has 0 spiro atoms. The van der Waals surface area contributed by atoms with Gasteiger partial charge in [0.2, 0.25) is 5.91 Å². The molecule has 1 aromatic carbocycles. The molecule has 1 N–H and O–H groups in total. The molecule has 1 unspecified atom stereocenters. The molecule has 2 aromatic rings. The molecule has 1 aliphatic rings. The standard InChI is InChI=1S/C18H24FN5O.ClH/c1-22-9-8-21-18(22)16-11-20-7-10-24(16)13-17(25)23(2)12-14-3-5-15(19)6-4-14;/h3-6,8-9,16,20H,7,10-13H2,1-2H3;1H. The Balaban J connectivity index is 0.00000243. The third-order valence-electron chi connectivity index (χ3n) is 4.61. The molecular weight excluding hydrogens is 357 g/mol. The number of hydrogen-bond acceptors (Lipinski definition) is 4. The number of carbonyl (C=O) groups is 1. The van der Waals surface area contributed by atoms with Crippen molar-refractivity contribution in [2.75, 3.05) is 33.2 Å². The zero-order valence-electron chi connectivity index (χ0n) is 15.1. The molecule has 0 bridgehead atoms. The minimum atomic E-state index is -0.267.